The number of rotatable bonds is 8. The van der Waals surface area contributed by atoms with Gasteiger partial charge in [-0.3, -0.25) is 9.88 Å². The maximum absolute atomic E-state index is 12.8. The van der Waals surface area contributed by atoms with E-state index >= 15 is 0 Å². The van der Waals surface area contributed by atoms with Crippen LogP contribution >= 0.6 is 0 Å². The van der Waals surface area contributed by atoms with Crippen molar-refractivity contribution in [3.05, 3.63) is 94.8 Å². The van der Waals surface area contributed by atoms with Gasteiger partial charge in [-0.2, -0.15) is 21.6 Å². The third-order valence-electron chi connectivity index (χ3n) is 6.34. The number of hydrogen-bond donors (Lipinski definition) is 1. The van der Waals surface area contributed by atoms with Gasteiger partial charge in [0.15, 0.2) is 0 Å². The third-order valence-corrected chi connectivity index (χ3v) is 7.32. The summed E-state index contributed by atoms with van der Waals surface area (Å²) in [6, 6.07) is 17.7. The molecule has 192 valence electrons. The Labute approximate surface area is 208 Å². The molecule has 1 aliphatic carbocycles. The molecule has 1 heterocycles. The van der Waals surface area contributed by atoms with Gasteiger partial charge in [0.2, 0.25) is 0 Å². The van der Waals surface area contributed by atoms with Gasteiger partial charge in [0.25, 0.3) is 0 Å². The SMILES string of the molecule is Cc1ccc([C@H](O)CN(Cc2ccccc2)[C@H]2CCc3ccc(OS(=O)(=O)C(F)(F)F)cc3C2)cn1. The first kappa shape index (κ1) is 26.1. The Balaban J connectivity index is 1.56. The molecule has 0 bridgehead atoms. The van der Waals surface area contributed by atoms with Crippen LogP contribution in [0.1, 0.15) is 40.5 Å². The van der Waals surface area contributed by atoms with Crippen molar-refractivity contribution in [2.24, 2.45) is 0 Å². The third kappa shape index (κ3) is 6.24. The molecular formula is C26H27F3N2O4S. The van der Waals surface area contributed by atoms with Crippen LogP contribution < -0.4 is 4.18 Å². The Morgan fingerprint density at radius 2 is 1.86 bits per heavy atom. The van der Waals surface area contributed by atoms with E-state index in [4.69, 9.17) is 0 Å². The summed E-state index contributed by atoms with van der Waals surface area (Å²) < 4.78 is 65.6. The van der Waals surface area contributed by atoms with Crippen LogP contribution in [0.4, 0.5) is 13.2 Å². The van der Waals surface area contributed by atoms with Crippen molar-refractivity contribution < 1.29 is 30.9 Å². The first-order chi connectivity index (χ1) is 17.0. The van der Waals surface area contributed by atoms with E-state index < -0.39 is 21.7 Å². The molecule has 0 aliphatic heterocycles. The molecule has 36 heavy (non-hydrogen) atoms. The van der Waals surface area contributed by atoms with Gasteiger partial charge in [-0.15, -0.1) is 0 Å². The number of nitrogens with zero attached hydrogens (tertiary/aromatic N) is 2. The quantitative estimate of drug-likeness (QED) is 0.342. The van der Waals surface area contributed by atoms with Gasteiger partial charge >= 0.3 is 15.6 Å². The standard InChI is InChI=1S/C26H27F3N2O4S/c1-18-7-8-21(15-30-18)25(32)17-31(16-19-5-3-2-4-6-19)23-11-9-20-10-12-24(14-22(20)13-23)35-36(33,34)26(27,28)29/h2-8,10,12,14-15,23,25,32H,9,11,13,16-17H2,1H3/t23-,25+/m0/s1. The maximum atomic E-state index is 12.8. The van der Waals surface area contributed by atoms with E-state index in [0.29, 0.717) is 31.5 Å². The van der Waals surface area contributed by atoms with Crippen LogP contribution in [0.3, 0.4) is 0 Å². The normalized spacial score (nSPS) is 17.0. The molecule has 0 saturated carbocycles. The van der Waals surface area contributed by atoms with E-state index in [1.165, 1.54) is 12.1 Å². The Hall–Kier alpha value is -2.95. The molecule has 0 spiro atoms. The second-order valence-electron chi connectivity index (χ2n) is 8.97. The molecule has 0 fully saturated rings. The number of aromatic nitrogens is 1. The molecule has 0 amide bonds. The molecule has 2 atom stereocenters. The van der Waals surface area contributed by atoms with Gasteiger partial charge < -0.3 is 9.29 Å². The van der Waals surface area contributed by atoms with Crippen molar-refractivity contribution in [2.75, 3.05) is 6.54 Å². The number of pyridine rings is 1. The summed E-state index contributed by atoms with van der Waals surface area (Å²) in [6.45, 7) is 2.77. The van der Waals surface area contributed by atoms with Gasteiger partial charge in [-0.05, 0) is 61.1 Å². The Morgan fingerprint density at radius 3 is 2.53 bits per heavy atom. The van der Waals surface area contributed by atoms with Gasteiger partial charge in [-0.25, -0.2) is 0 Å². The van der Waals surface area contributed by atoms with Gasteiger partial charge in [0, 0.05) is 36.6 Å². The number of aryl methyl sites for hydroxylation is 2. The summed E-state index contributed by atoms with van der Waals surface area (Å²) in [5.41, 5.74) is -1.23. The lowest BCUT2D eigenvalue weighted by molar-refractivity contribution is -0.0500. The lowest BCUT2D eigenvalue weighted by atomic mass is 9.87. The Kier molecular flexibility index (Phi) is 7.67. The smallest absolute Gasteiger partial charge is 0.387 e. The molecule has 0 radical (unpaired) electrons. The minimum atomic E-state index is -5.75. The van der Waals surface area contributed by atoms with Crippen LogP contribution in [0, 0.1) is 6.92 Å². The number of aliphatic hydroxyl groups excluding tert-OH is 1. The maximum Gasteiger partial charge on any atom is 0.534 e. The van der Waals surface area contributed by atoms with E-state index in [-0.39, 0.29) is 11.8 Å². The summed E-state index contributed by atoms with van der Waals surface area (Å²) in [7, 11) is -5.75. The van der Waals surface area contributed by atoms with Gasteiger partial charge in [0.05, 0.1) is 6.10 Å². The monoisotopic (exact) mass is 520 g/mol. The minimum Gasteiger partial charge on any atom is -0.387 e. The van der Waals surface area contributed by atoms with Crippen LogP contribution in [0.2, 0.25) is 0 Å². The first-order valence-electron chi connectivity index (χ1n) is 11.5. The van der Waals surface area contributed by atoms with Crippen LogP contribution in [0.5, 0.6) is 5.75 Å². The van der Waals surface area contributed by atoms with Crippen molar-refractivity contribution in [1.29, 1.82) is 0 Å². The van der Waals surface area contributed by atoms with E-state index in [1.807, 2.05) is 49.4 Å². The lowest BCUT2D eigenvalue weighted by Crippen LogP contribution is -2.41. The number of alkyl halides is 3. The highest BCUT2D eigenvalue weighted by molar-refractivity contribution is 7.88. The summed E-state index contributed by atoms with van der Waals surface area (Å²) in [4.78, 5) is 6.42. The molecule has 2 aromatic carbocycles. The Bertz CT molecular complexity index is 1280. The summed E-state index contributed by atoms with van der Waals surface area (Å²) in [6.07, 6.45) is 2.79. The molecule has 0 saturated heterocycles. The van der Waals surface area contributed by atoms with Crippen LogP contribution in [-0.4, -0.2) is 41.5 Å². The zero-order chi connectivity index (χ0) is 25.9. The first-order valence-corrected chi connectivity index (χ1v) is 12.9. The molecule has 6 nitrogen and oxygen atoms in total. The molecule has 1 N–H and O–H groups in total. The van der Waals surface area contributed by atoms with Crippen molar-refractivity contribution >= 4 is 10.1 Å². The molecule has 1 aliphatic rings. The average Bonchev–Trinajstić information content (AvgIpc) is 2.83. The van der Waals surface area contributed by atoms with E-state index in [0.717, 1.165) is 28.8 Å². The number of halogens is 3. The van der Waals surface area contributed by atoms with Crippen molar-refractivity contribution in [2.45, 2.75) is 50.4 Å². The van der Waals surface area contributed by atoms with Gasteiger partial charge in [-0.1, -0.05) is 42.5 Å². The fraction of sp³-hybridized carbons (Fsp3) is 0.346. The summed E-state index contributed by atoms with van der Waals surface area (Å²) in [5.74, 6) is -0.368. The number of hydrogen-bond acceptors (Lipinski definition) is 6. The molecule has 10 heteroatoms. The molecule has 0 unspecified atom stereocenters. The average molecular weight is 521 g/mol. The number of benzene rings is 2. The van der Waals surface area contributed by atoms with Crippen LogP contribution in [-0.2, 0) is 29.5 Å². The minimum absolute atomic E-state index is 0.0276. The zero-order valence-electron chi connectivity index (χ0n) is 19.6. The highest BCUT2D eigenvalue weighted by Crippen LogP contribution is 2.32. The molecule has 4 rings (SSSR count). The molecule has 3 aromatic rings. The fourth-order valence-electron chi connectivity index (χ4n) is 4.42. The largest absolute Gasteiger partial charge is 0.534 e. The van der Waals surface area contributed by atoms with E-state index in [1.54, 1.807) is 12.3 Å². The van der Waals surface area contributed by atoms with Crippen molar-refractivity contribution in [3.8, 4) is 5.75 Å². The van der Waals surface area contributed by atoms with E-state index in [9.17, 15) is 26.7 Å². The van der Waals surface area contributed by atoms with Gasteiger partial charge in [0.1, 0.15) is 5.75 Å². The van der Waals surface area contributed by atoms with Crippen molar-refractivity contribution in [3.63, 3.8) is 0 Å². The second kappa shape index (κ2) is 10.6. The topological polar surface area (TPSA) is 79.7 Å². The fourth-order valence-corrected chi connectivity index (χ4v) is 4.87. The highest BCUT2D eigenvalue weighted by atomic mass is 32.2. The van der Waals surface area contributed by atoms with E-state index in [2.05, 4.69) is 14.1 Å². The predicted molar refractivity (Wildman–Crippen MR) is 129 cm³/mol. The van der Waals surface area contributed by atoms with Crippen LogP contribution in [0.25, 0.3) is 0 Å². The van der Waals surface area contributed by atoms with Crippen molar-refractivity contribution in [1.82, 2.24) is 9.88 Å². The van der Waals surface area contributed by atoms with Crippen LogP contribution in [0.15, 0.2) is 66.9 Å². The lowest BCUT2D eigenvalue weighted by Gasteiger charge is -2.36. The predicted octanol–water partition coefficient (Wildman–Crippen LogP) is 4.71. The zero-order valence-corrected chi connectivity index (χ0v) is 20.5. The number of aliphatic hydroxyl groups is 1. The molecule has 1 aromatic heterocycles. The highest BCUT2D eigenvalue weighted by Gasteiger charge is 2.48. The molecular weight excluding hydrogens is 493 g/mol. The Morgan fingerprint density at radius 1 is 1.11 bits per heavy atom. The number of fused-ring (bicyclic) bond motifs is 1. The second-order valence-corrected chi connectivity index (χ2v) is 10.5. The summed E-state index contributed by atoms with van der Waals surface area (Å²) in [5, 5.41) is 11.0. The summed E-state index contributed by atoms with van der Waals surface area (Å²) >= 11 is 0.